The van der Waals surface area contributed by atoms with Gasteiger partial charge in [-0.1, -0.05) is 58.7 Å². The number of Topliss-reactive ketones (excluding diaryl/α,β-unsaturated/α-hetero) is 1. The molecule has 1 heteroatoms. The van der Waals surface area contributed by atoms with Crippen molar-refractivity contribution in [3.05, 3.63) is 69.8 Å². The van der Waals surface area contributed by atoms with Crippen molar-refractivity contribution in [2.75, 3.05) is 0 Å². The van der Waals surface area contributed by atoms with Crippen molar-refractivity contribution < 1.29 is 4.79 Å². The Labute approximate surface area is 170 Å². The number of rotatable bonds is 8. The third-order valence-corrected chi connectivity index (χ3v) is 6.62. The van der Waals surface area contributed by atoms with Crippen LogP contribution in [0.2, 0.25) is 0 Å². The average Bonchev–Trinajstić information content (AvgIpc) is 3.49. The van der Waals surface area contributed by atoms with Gasteiger partial charge >= 0.3 is 0 Å². The molecule has 0 saturated heterocycles. The van der Waals surface area contributed by atoms with Crippen molar-refractivity contribution >= 4 is 5.78 Å². The summed E-state index contributed by atoms with van der Waals surface area (Å²) < 4.78 is 0. The van der Waals surface area contributed by atoms with Gasteiger partial charge in [-0.15, -0.1) is 0 Å². The van der Waals surface area contributed by atoms with Crippen molar-refractivity contribution in [1.82, 2.24) is 0 Å². The van der Waals surface area contributed by atoms with Crippen LogP contribution in [0.25, 0.3) is 0 Å². The standard InChI is InChI=1S/C27H34O/c1-17-9-18(2)12-23(11-17)26(21-5-6-21)15-25(28)16-27(22-7-8-22)24-13-19(3)10-20(4)14-24/h9-14,21-22,26-27H,5-8,15-16H2,1-4H3/t26-,27-/m1/s1. The van der Waals surface area contributed by atoms with E-state index >= 15 is 0 Å². The van der Waals surface area contributed by atoms with Gasteiger partial charge in [-0.25, -0.2) is 0 Å². The minimum Gasteiger partial charge on any atom is -0.300 e. The highest BCUT2D eigenvalue weighted by atomic mass is 16.1. The topological polar surface area (TPSA) is 17.1 Å². The summed E-state index contributed by atoms with van der Waals surface area (Å²) in [6.07, 6.45) is 6.59. The van der Waals surface area contributed by atoms with Crippen molar-refractivity contribution in [3.8, 4) is 0 Å². The van der Waals surface area contributed by atoms with E-state index in [9.17, 15) is 4.79 Å². The van der Waals surface area contributed by atoms with Gasteiger partial charge in [0.05, 0.1) is 0 Å². The number of hydrogen-bond acceptors (Lipinski definition) is 1. The van der Waals surface area contributed by atoms with Gasteiger partial charge in [0, 0.05) is 12.8 Å². The molecule has 0 amide bonds. The van der Waals surface area contributed by atoms with Gasteiger partial charge in [-0.2, -0.15) is 0 Å². The SMILES string of the molecule is Cc1cc(C)cc([C@H](CC(=O)C[C@@H](c2cc(C)cc(C)c2)C2CC2)C2CC2)c1. The molecule has 0 aliphatic heterocycles. The van der Waals surface area contributed by atoms with Crippen LogP contribution in [0.1, 0.15) is 83.7 Å². The lowest BCUT2D eigenvalue weighted by Crippen LogP contribution is -2.14. The van der Waals surface area contributed by atoms with Gasteiger partial charge in [0.1, 0.15) is 5.78 Å². The highest BCUT2D eigenvalue weighted by Gasteiger charge is 2.37. The van der Waals surface area contributed by atoms with Crippen LogP contribution >= 0.6 is 0 Å². The van der Waals surface area contributed by atoms with Gasteiger partial charge in [-0.05, 0) is 88.2 Å². The van der Waals surface area contributed by atoms with Crippen LogP contribution in [0.15, 0.2) is 36.4 Å². The Morgan fingerprint density at radius 1 is 0.679 bits per heavy atom. The van der Waals surface area contributed by atoms with E-state index in [1.54, 1.807) is 0 Å². The first-order valence-electron chi connectivity index (χ1n) is 11.1. The normalized spacial score (nSPS) is 18.7. The van der Waals surface area contributed by atoms with Gasteiger partial charge in [0.2, 0.25) is 0 Å². The van der Waals surface area contributed by atoms with Crippen LogP contribution < -0.4 is 0 Å². The zero-order valence-corrected chi connectivity index (χ0v) is 17.9. The summed E-state index contributed by atoms with van der Waals surface area (Å²) in [7, 11) is 0. The van der Waals surface area contributed by atoms with Gasteiger partial charge in [0.25, 0.3) is 0 Å². The maximum atomic E-state index is 13.2. The first-order valence-corrected chi connectivity index (χ1v) is 11.1. The molecular formula is C27H34O. The maximum Gasteiger partial charge on any atom is 0.134 e. The highest BCUT2D eigenvalue weighted by Crippen LogP contribution is 2.48. The molecule has 0 bridgehead atoms. The fourth-order valence-electron chi connectivity index (χ4n) is 5.13. The molecule has 2 fully saturated rings. The predicted molar refractivity (Wildman–Crippen MR) is 117 cm³/mol. The second kappa shape index (κ2) is 7.85. The number of carbonyl (C=O) groups is 1. The molecule has 2 aliphatic rings. The van der Waals surface area contributed by atoms with Crippen molar-refractivity contribution in [2.45, 2.75) is 78.1 Å². The van der Waals surface area contributed by atoms with E-state index in [1.165, 1.54) is 59.1 Å². The van der Waals surface area contributed by atoms with Crippen molar-refractivity contribution in [2.24, 2.45) is 11.8 Å². The van der Waals surface area contributed by atoms with Crippen LogP contribution in [0.4, 0.5) is 0 Å². The molecular weight excluding hydrogens is 340 g/mol. The molecule has 1 nitrogen and oxygen atoms in total. The van der Waals surface area contributed by atoms with Crippen molar-refractivity contribution in [1.29, 1.82) is 0 Å². The lowest BCUT2D eigenvalue weighted by molar-refractivity contribution is -0.120. The van der Waals surface area contributed by atoms with Crippen LogP contribution in [0.3, 0.4) is 0 Å². The van der Waals surface area contributed by atoms with E-state index in [0.29, 0.717) is 29.5 Å². The molecule has 0 aromatic heterocycles. The van der Waals surface area contributed by atoms with Crippen LogP contribution in [-0.4, -0.2) is 5.78 Å². The zero-order chi connectivity index (χ0) is 19.8. The molecule has 0 unspecified atom stereocenters. The molecule has 2 saturated carbocycles. The molecule has 2 atom stereocenters. The van der Waals surface area contributed by atoms with Gasteiger partial charge in [-0.3, -0.25) is 4.79 Å². The second-order valence-electron chi connectivity index (χ2n) is 9.68. The second-order valence-corrected chi connectivity index (χ2v) is 9.68. The van der Waals surface area contributed by atoms with Crippen molar-refractivity contribution in [3.63, 3.8) is 0 Å². The number of carbonyl (C=O) groups excluding carboxylic acids is 1. The van der Waals surface area contributed by atoms with Crippen LogP contribution in [0.5, 0.6) is 0 Å². The van der Waals surface area contributed by atoms with Gasteiger partial charge < -0.3 is 0 Å². The first-order chi connectivity index (χ1) is 13.4. The molecule has 2 aliphatic carbocycles. The summed E-state index contributed by atoms with van der Waals surface area (Å²) in [4.78, 5) is 13.2. The fraction of sp³-hybridized carbons (Fsp3) is 0.519. The lowest BCUT2D eigenvalue weighted by atomic mass is 9.82. The summed E-state index contributed by atoms with van der Waals surface area (Å²) in [5, 5.41) is 0. The van der Waals surface area contributed by atoms with Crippen LogP contribution in [-0.2, 0) is 4.79 Å². The molecule has 28 heavy (non-hydrogen) atoms. The monoisotopic (exact) mass is 374 g/mol. The Hall–Kier alpha value is -1.89. The highest BCUT2D eigenvalue weighted by molar-refractivity contribution is 5.80. The summed E-state index contributed by atoms with van der Waals surface area (Å²) in [5.74, 6) is 2.74. The van der Waals surface area contributed by atoms with Gasteiger partial charge in [0.15, 0.2) is 0 Å². The maximum absolute atomic E-state index is 13.2. The molecule has 2 aromatic rings. The van der Waals surface area contributed by atoms with E-state index in [4.69, 9.17) is 0 Å². The summed E-state index contributed by atoms with van der Waals surface area (Å²) >= 11 is 0. The van der Waals surface area contributed by atoms with Crippen LogP contribution in [0, 0.1) is 39.5 Å². The molecule has 148 valence electrons. The average molecular weight is 375 g/mol. The number of aryl methyl sites for hydroxylation is 4. The quantitative estimate of drug-likeness (QED) is 0.488. The van der Waals surface area contributed by atoms with E-state index in [0.717, 1.165) is 12.8 Å². The smallest absolute Gasteiger partial charge is 0.134 e. The largest absolute Gasteiger partial charge is 0.300 e. The molecule has 4 rings (SSSR count). The number of hydrogen-bond donors (Lipinski definition) is 0. The minimum absolute atomic E-state index is 0.421. The molecule has 0 heterocycles. The van der Waals surface area contributed by atoms with E-state index < -0.39 is 0 Å². The Kier molecular flexibility index (Phi) is 5.45. The summed E-state index contributed by atoms with van der Waals surface area (Å²) in [6.45, 7) is 8.69. The molecule has 0 spiro atoms. The molecule has 2 aromatic carbocycles. The zero-order valence-electron chi connectivity index (χ0n) is 17.9. The fourth-order valence-corrected chi connectivity index (χ4v) is 5.13. The Morgan fingerprint density at radius 2 is 1.00 bits per heavy atom. The number of ketones is 1. The molecule has 0 radical (unpaired) electrons. The Morgan fingerprint density at radius 3 is 1.29 bits per heavy atom. The third kappa shape index (κ3) is 4.74. The minimum atomic E-state index is 0.421. The Bertz CT molecular complexity index is 758. The van der Waals surface area contributed by atoms with E-state index in [2.05, 4.69) is 64.1 Å². The Balaban J connectivity index is 1.51. The number of benzene rings is 2. The molecule has 0 N–H and O–H groups in total. The summed E-state index contributed by atoms with van der Waals surface area (Å²) in [5.41, 5.74) is 8.06. The van der Waals surface area contributed by atoms with E-state index in [1.807, 2.05) is 0 Å². The predicted octanol–water partition coefficient (Wildman–Crippen LogP) is 6.96. The summed E-state index contributed by atoms with van der Waals surface area (Å²) in [6, 6.07) is 13.7. The third-order valence-electron chi connectivity index (χ3n) is 6.62. The first kappa shape index (κ1) is 19.4. The van der Waals surface area contributed by atoms with E-state index in [-0.39, 0.29) is 0 Å². The lowest BCUT2D eigenvalue weighted by Gasteiger charge is -2.21.